The van der Waals surface area contributed by atoms with Gasteiger partial charge in [0.15, 0.2) is 0 Å². The van der Waals surface area contributed by atoms with Gasteiger partial charge in [-0.1, -0.05) is 20.8 Å². The summed E-state index contributed by atoms with van der Waals surface area (Å²) in [5.41, 5.74) is 0.732. The molecule has 0 aromatic carbocycles. The van der Waals surface area contributed by atoms with Crippen LogP contribution in [0.15, 0.2) is 15.7 Å². The van der Waals surface area contributed by atoms with E-state index < -0.39 is 23.2 Å². The Labute approximate surface area is 140 Å². The molecule has 3 N–H and O–H groups in total. The average molecular weight is 355 g/mol. The average Bonchev–Trinajstić information content (AvgIpc) is 2.89. The van der Waals surface area contributed by atoms with Gasteiger partial charge in [-0.15, -0.1) is 11.3 Å². The molecule has 1 amide bonds. The zero-order chi connectivity index (χ0) is 18.1. The lowest BCUT2D eigenvalue weighted by Gasteiger charge is -2.17. The lowest BCUT2D eigenvalue weighted by molar-refractivity contribution is 0.0698. The van der Waals surface area contributed by atoms with Gasteiger partial charge in [0.2, 0.25) is 0 Å². The molecule has 0 bridgehead atoms. The van der Waals surface area contributed by atoms with Gasteiger partial charge in [0.1, 0.15) is 5.00 Å². The molecule has 0 fully saturated rings. The number of ether oxygens (including phenoxy) is 1. The summed E-state index contributed by atoms with van der Waals surface area (Å²) in [5.74, 6) is -1.21. The first kappa shape index (κ1) is 17.7. The van der Waals surface area contributed by atoms with Crippen molar-refractivity contribution in [3.05, 3.63) is 37.2 Å². The third-order valence-corrected chi connectivity index (χ3v) is 3.85. The number of hydrogen-bond acceptors (Lipinski definition) is 7. The molecule has 2 rings (SSSR count). The van der Waals surface area contributed by atoms with Crippen LogP contribution in [0.5, 0.6) is 0 Å². The second kappa shape index (κ2) is 6.48. The Balaban J connectivity index is 1.99. The van der Waals surface area contributed by atoms with Crippen molar-refractivity contribution in [2.75, 3.05) is 12.0 Å². The normalized spacial score (nSPS) is 11.5. The van der Waals surface area contributed by atoms with Gasteiger partial charge in [-0.2, -0.15) is 4.68 Å². The fourth-order valence-corrected chi connectivity index (χ4v) is 2.58. The van der Waals surface area contributed by atoms with Crippen LogP contribution in [0.1, 0.15) is 36.0 Å². The van der Waals surface area contributed by atoms with Gasteiger partial charge in [0.25, 0.3) is 0 Å². The van der Waals surface area contributed by atoms with Crippen LogP contribution in [0.25, 0.3) is 0 Å². The Hall–Kier alpha value is -2.62. The van der Waals surface area contributed by atoms with Crippen molar-refractivity contribution in [1.82, 2.24) is 9.99 Å². The van der Waals surface area contributed by atoms with E-state index >= 15 is 0 Å². The monoisotopic (exact) mass is 355 g/mol. The molecule has 0 aliphatic carbocycles. The number of nitrogens with one attached hydrogen (secondary N) is 2. The predicted octanol–water partition coefficient (Wildman–Crippen LogP) is 0.991. The molecule has 2 aromatic heterocycles. The minimum atomic E-state index is -1.21. The summed E-state index contributed by atoms with van der Waals surface area (Å²) in [6, 6.07) is 1.36. The van der Waals surface area contributed by atoms with Crippen LogP contribution in [-0.2, 0) is 11.3 Å². The number of amides is 1. The Kier molecular flexibility index (Phi) is 4.78. The molecule has 2 aromatic rings. The topological polar surface area (TPSA) is 127 Å². The van der Waals surface area contributed by atoms with Crippen LogP contribution >= 0.6 is 11.3 Å². The van der Waals surface area contributed by atoms with E-state index in [2.05, 4.69) is 10.7 Å². The minimum Gasteiger partial charge on any atom is -0.478 e. The van der Waals surface area contributed by atoms with Gasteiger partial charge in [-0.3, -0.25) is 15.0 Å². The van der Waals surface area contributed by atoms with Crippen molar-refractivity contribution in [2.45, 2.75) is 27.3 Å². The standard InChI is InChI=1S/C14H17N3O6S/c1-14(2,3)6-23-13(22)15-5-7-4-8(12(20)21)9(24-7)16-17-10(18)11(17)19/h4,16H,5-6H2,1-3H3,(H,15,22)(H,20,21). The van der Waals surface area contributed by atoms with Crippen molar-refractivity contribution >= 4 is 28.4 Å². The highest BCUT2D eigenvalue weighted by atomic mass is 32.1. The smallest absolute Gasteiger partial charge is 0.407 e. The van der Waals surface area contributed by atoms with Gasteiger partial charge in [-0.05, 0) is 11.5 Å². The zero-order valence-corrected chi connectivity index (χ0v) is 14.2. The Morgan fingerprint density at radius 3 is 2.42 bits per heavy atom. The van der Waals surface area contributed by atoms with E-state index in [0.29, 0.717) is 9.55 Å². The summed E-state index contributed by atoms with van der Waals surface area (Å²) in [4.78, 5) is 45.3. The quantitative estimate of drug-likeness (QED) is 0.660. The lowest BCUT2D eigenvalue weighted by atomic mass is 9.99. The number of carboxylic acid groups (broad SMARTS) is 1. The first-order chi connectivity index (χ1) is 11.1. The largest absolute Gasteiger partial charge is 0.478 e. The molecule has 2 heterocycles. The van der Waals surface area contributed by atoms with Crippen LogP contribution < -0.4 is 21.9 Å². The maximum Gasteiger partial charge on any atom is 0.407 e. The molecule has 0 spiro atoms. The summed E-state index contributed by atoms with van der Waals surface area (Å²) < 4.78 is 5.76. The molecule has 0 aliphatic heterocycles. The van der Waals surface area contributed by atoms with Crippen LogP contribution in [0, 0.1) is 5.41 Å². The second-order valence-corrected chi connectivity index (χ2v) is 7.45. The highest BCUT2D eigenvalue weighted by Crippen LogP contribution is 2.28. The Morgan fingerprint density at radius 1 is 1.29 bits per heavy atom. The molecule has 0 aliphatic rings. The van der Waals surface area contributed by atoms with Crippen LogP contribution in [-0.4, -0.2) is 28.5 Å². The third-order valence-electron chi connectivity index (χ3n) is 2.81. The molecule has 10 heteroatoms. The van der Waals surface area contributed by atoms with Crippen LogP contribution in [0.3, 0.4) is 0 Å². The number of carboxylic acids is 1. The van der Waals surface area contributed by atoms with Crippen molar-refractivity contribution in [3.8, 4) is 0 Å². The van der Waals surface area contributed by atoms with Gasteiger partial charge in [0, 0.05) is 4.88 Å². The number of hydrogen-bond donors (Lipinski definition) is 3. The zero-order valence-electron chi connectivity index (χ0n) is 13.3. The Morgan fingerprint density at radius 2 is 1.92 bits per heavy atom. The van der Waals surface area contributed by atoms with Crippen LogP contribution in [0.4, 0.5) is 9.80 Å². The third kappa shape index (κ3) is 4.44. The number of rotatable bonds is 6. The number of thiophene rings is 1. The molecule has 0 atom stereocenters. The number of aromatic carboxylic acids is 1. The molecule has 0 unspecified atom stereocenters. The minimum absolute atomic E-state index is 0.0670. The fraction of sp³-hybridized carbons (Fsp3) is 0.429. The molecule has 24 heavy (non-hydrogen) atoms. The molecule has 0 saturated carbocycles. The fourth-order valence-electron chi connectivity index (χ4n) is 1.60. The van der Waals surface area contributed by atoms with Crippen molar-refractivity contribution in [3.63, 3.8) is 0 Å². The summed E-state index contributed by atoms with van der Waals surface area (Å²) in [6.45, 7) is 6.08. The van der Waals surface area contributed by atoms with Gasteiger partial charge >= 0.3 is 23.2 Å². The van der Waals surface area contributed by atoms with E-state index in [1.807, 2.05) is 20.8 Å². The van der Waals surface area contributed by atoms with Gasteiger partial charge in [0.05, 0.1) is 18.7 Å². The highest BCUT2D eigenvalue weighted by Gasteiger charge is 2.22. The van der Waals surface area contributed by atoms with Crippen molar-refractivity contribution < 1.29 is 19.4 Å². The predicted molar refractivity (Wildman–Crippen MR) is 87.3 cm³/mol. The van der Waals surface area contributed by atoms with Gasteiger partial charge < -0.3 is 15.2 Å². The summed E-state index contributed by atoms with van der Waals surface area (Å²) in [6.07, 6.45) is -0.610. The van der Waals surface area contributed by atoms with Gasteiger partial charge in [-0.25, -0.2) is 9.59 Å². The van der Waals surface area contributed by atoms with E-state index in [-0.39, 0.29) is 29.1 Å². The number of aromatic nitrogens is 1. The van der Waals surface area contributed by atoms with E-state index in [4.69, 9.17) is 9.84 Å². The van der Waals surface area contributed by atoms with E-state index in [1.165, 1.54) is 6.07 Å². The van der Waals surface area contributed by atoms with E-state index in [1.54, 1.807) is 0 Å². The Bertz CT molecular complexity index is 812. The molecule has 0 radical (unpaired) electrons. The second-order valence-electron chi connectivity index (χ2n) is 6.31. The van der Waals surface area contributed by atoms with Crippen molar-refractivity contribution in [2.24, 2.45) is 5.41 Å². The highest BCUT2D eigenvalue weighted by molar-refractivity contribution is 7.16. The number of anilines is 1. The first-order valence-corrected chi connectivity index (χ1v) is 7.82. The number of alkyl carbamates (subject to hydrolysis) is 1. The molecule has 9 nitrogen and oxygen atoms in total. The summed E-state index contributed by atoms with van der Waals surface area (Å²) in [7, 11) is 0. The molecular formula is C14H17N3O6S. The first-order valence-electron chi connectivity index (χ1n) is 7.00. The molecular weight excluding hydrogens is 338 g/mol. The molecule has 0 saturated heterocycles. The number of carbonyl (C=O) groups excluding carboxylic acids is 1. The maximum atomic E-state index is 11.6. The van der Waals surface area contributed by atoms with Crippen molar-refractivity contribution in [1.29, 1.82) is 0 Å². The summed E-state index contributed by atoms with van der Waals surface area (Å²) in [5, 5.41) is 11.8. The van der Waals surface area contributed by atoms with Crippen LogP contribution in [0.2, 0.25) is 0 Å². The summed E-state index contributed by atoms with van der Waals surface area (Å²) >= 11 is 1.02. The number of nitrogens with zero attached hydrogens (tertiary/aromatic N) is 1. The molecule has 130 valence electrons. The maximum absolute atomic E-state index is 11.6. The SMILES string of the molecule is CC(C)(C)COC(=O)NCc1cc(C(=O)O)c(Nn2c(=O)c2=O)s1. The number of carbonyl (C=O) groups is 2. The van der Waals surface area contributed by atoms with E-state index in [0.717, 1.165) is 11.3 Å². The van der Waals surface area contributed by atoms with E-state index in [9.17, 15) is 19.2 Å². The lowest BCUT2D eigenvalue weighted by Crippen LogP contribution is -2.27.